The van der Waals surface area contributed by atoms with Crippen LogP contribution in [0, 0.1) is 0 Å². The van der Waals surface area contributed by atoms with Gasteiger partial charge in [-0.3, -0.25) is 0 Å². The van der Waals surface area contributed by atoms with Crippen molar-refractivity contribution in [2.24, 2.45) is 0 Å². The minimum absolute atomic E-state index is 0.303. The van der Waals surface area contributed by atoms with Crippen molar-refractivity contribution in [1.29, 1.82) is 0 Å². The molecule has 0 aliphatic heterocycles. The fraction of sp³-hybridized carbons (Fsp3) is 0.714. The quantitative estimate of drug-likeness (QED) is 0.549. The SMILES string of the molecule is CCCCCCCCS(=O)(=O)c1ccc2c(c1)CCCCCCC2. The minimum atomic E-state index is -3.12. The van der Waals surface area contributed by atoms with Crippen LogP contribution in [0.2, 0.25) is 0 Å². The van der Waals surface area contributed by atoms with E-state index in [9.17, 15) is 8.42 Å². The van der Waals surface area contributed by atoms with Crippen molar-refractivity contribution in [3.63, 3.8) is 0 Å². The molecule has 0 amide bonds. The first-order valence-electron chi connectivity index (χ1n) is 9.98. The zero-order valence-corrected chi connectivity index (χ0v) is 16.2. The van der Waals surface area contributed by atoms with E-state index in [1.54, 1.807) is 0 Å². The van der Waals surface area contributed by atoms with Gasteiger partial charge in [0.2, 0.25) is 0 Å². The second kappa shape index (κ2) is 10.2. The molecular formula is C21H34O2S. The van der Waals surface area contributed by atoms with Crippen LogP contribution in [0.25, 0.3) is 0 Å². The standard InChI is InChI=1S/C21H34O2S/c1-2-3-4-5-9-12-17-24(22,23)21-16-15-19-13-10-7-6-8-11-14-20(19)18-21/h15-16,18H,2-14,17H2,1H3. The van der Waals surface area contributed by atoms with Gasteiger partial charge in [-0.25, -0.2) is 8.42 Å². The molecule has 0 saturated heterocycles. The molecule has 3 heteroatoms. The first-order valence-corrected chi connectivity index (χ1v) is 11.6. The molecule has 0 fully saturated rings. The Balaban J connectivity index is 1.96. The van der Waals surface area contributed by atoms with Crippen molar-refractivity contribution >= 4 is 9.84 Å². The van der Waals surface area contributed by atoms with E-state index in [4.69, 9.17) is 0 Å². The Morgan fingerprint density at radius 1 is 0.792 bits per heavy atom. The van der Waals surface area contributed by atoms with Gasteiger partial charge in [-0.1, -0.05) is 64.4 Å². The summed E-state index contributed by atoms with van der Waals surface area (Å²) in [6.07, 6.45) is 15.2. The number of hydrogen-bond donors (Lipinski definition) is 0. The Labute approximate surface area is 149 Å². The fourth-order valence-corrected chi connectivity index (χ4v) is 5.04. The van der Waals surface area contributed by atoms with Gasteiger partial charge in [0.25, 0.3) is 0 Å². The fourth-order valence-electron chi connectivity index (χ4n) is 3.62. The summed E-state index contributed by atoms with van der Waals surface area (Å²) in [7, 11) is -3.12. The average Bonchev–Trinajstić information content (AvgIpc) is 2.69. The molecule has 2 rings (SSSR count). The monoisotopic (exact) mass is 350 g/mol. The van der Waals surface area contributed by atoms with E-state index >= 15 is 0 Å². The number of fused-ring (bicyclic) bond motifs is 1. The van der Waals surface area contributed by atoms with Crippen LogP contribution in [0.5, 0.6) is 0 Å². The molecule has 0 radical (unpaired) electrons. The highest BCUT2D eigenvalue weighted by molar-refractivity contribution is 7.91. The third-order valence-corrected chi connectivity index (χ3v) is 6.99. The second-order valence-electron chi connectivity index (χ2n) is 7.28. The smallest absolute Gasteiger partial charge is 0.178 e. The number of sulfone groups is 1. The van der Waals surface area contributed by atoms with Crippen LogP contribution in [0.15, 0.2) is 23.1 Å². The maximum absolute atomic E-state index is 12.6. The van der Waals surface area contributed by atoms with Gasteiger partial charge >= 0.3 is 0 Å². The van der Waals surface area contributed by atoms with Crippen LogP contribution < -0.4 is 0 Å². The number of benzene rings is 1. The van der Waals surface area contributed by atoms with Gasteiger partial charge in [0, 0.05) is 0 Å². The summed E-state index contributed by atoms with van der Waals surface area (Å²) in [6.45, 7) is 2.20. The molecule has 0 spiro atoms. The highest BCUT2D eigenvalue weighted by Crippen LogP contribution is 2.24. The normalized spacial score (nSPS) is 16.0. The lowest BCUT2D eigenvalue weighted by atomic mass is 10.00. The lowest BCUT2D eigenvalue weighted by Gasteiger charge is -2.11. The van der Waals surface area contributed by atoms with Gasteiger partial charge in [-0.05, 0) is 55.4 Å². The van der Waals surface area contributed by atoms with Gasteiger partial charge in [0.1, 0.15) is 0 Å². The maximum atomic E-state index is 12.6. The maximum Gasteiger partial charge on any atom is 0.178 e. The Morgan fingerprint density at radius 2 is 1.42 bits per heavy atom. The van der Waals surface area contributed by atoms with E-state index < -0.39 is 9.84 Å². The summed E-state index contributed by atoms with van der Waals surface area (Å²) in [6, 6.07) is 5.91. The molecule has 1 aromatic rings. The first kappa shape index (κ1) is 19.5. The van der Waals surface area contributed by atoms with E-state index in [2.05, 4.69) is 13.0 Å². The molecule has 0 saturated carbocycles. The molecule has 0 aromatic heterocycles. The zero-order valence-electron chi connectivity index (χ0n) is 15.4. The van der Waals surface area contributed by atoms with Gasteiger partial charge in [0.15, 0.2) is 9.84 Å². The van der Waals surface area contributed by atoms with E-state index in [1.165, 1.54) is 62.5 Å². The van der Waals surface area contributed by atoms with Crippen molar-refractivity contribution < 1.29 is 8.42 Å². The van der Waals surface area contributed by atoms with Gasteiger partial charge in [-0.2, -0.15) is 0 Å². The highest BCUT2D eigenvalue weighted by atomic mass is 32.2. The molecule has 0 atom stereocenters. The second-order valence-corrected chi connectivity index (χ2v) is 9.39. The highest BCUT2D eigenvalue weighted by Gasteiger charge is 2.16. The first-order chi connectivity index (χ1) is 11.6. The number of unbranched alkanes of at least 4 members (excludes halogenated alkanes) is 5. The van der Waals surface area contributed by atoms with Crippen LogP contribution in [-0.4, -0.2) is 14.2 Å². The Kier molecular flexibility index (Phi) is 8.31. The van der Waals surface area contributed by atoms with Crippen LogP contribution >= 0.6 is 0 Å². The topological polar surface area (TPSA) is 34.1 Å². The Morgan fingerprint density at radius 3 is 2.17 bits per heavy atom. The van der Waals surface area contributed by atoms with E-state index in [0.717, 1.165) is 32.1 Å². The predicted molar refractivity (Wildman–Crippen MR) is 102 cm³/mol. The number of hydrogen-bond acceptors (Lipinski definition) is 2. The summed E-state index contributed by atoms with van der Waals surface area (Å²) in [5.74, 6) is 0.303. The van der Waals surface area contributed by atoms with Crippen LogP contribution in [0.3, 0.4) is 0 Å². The van der Waals surface area contributed by atoms with Gasteiger partial charge < -0.3 is 0 Å². The average molecular weight is 351 g/mol. The minimum Gasteiger partial charge on any atom is -0.224 e. The van der Waals surface area contributed by atoms with Crippen LogP contribution in [0.4, 0.5) is 0 Å². The molecule has 0 unspecified atom stereocenters. The lowest BCUT2D eigenvalue weighted by Crippen LogP contribution is -2.08. The molecule has 2 nitrogen and oxygen atoms in total. The lowest BCUT2D eigenvalue weighted by molar-refractivity contribution is 0.583. The van der Waals surface area contributed by atoms with Crippen LogP contribution in [0.1, 0.15) is 88.7 Å². The molecule has 1 aliphatic rings. The van der Waals surface area contributed by atoms with E-state index in [-0.39, 0.29) is 0 Å². The predicted octanol–water partition coefficient (Wildman–Crippen LogP) is 5.87. The summed E-state index contributed by atoms with van der Waals surface area (Å²) < 4.78 is 25.3. The van der Waals surface area contributed by atoms with Gasteiger partial charge in [0.05, 0.1) is 10.6 Å². The summed E-state index contributed by atoms with van der Waals surface area (Å²) in [5.41, 5.74) is 2.65. The molecule has 1 aromatic carbocycles. The Hall–Kier alpha value is -0.830. The van der Waals surface area contributed by atoms with Crippen molar-refractivity contribution in [3.05, 3.63) is 29.3 Å². The molecule has 0 N–H and O–H groups in total. The van der Waals surface area contributed by atoms with E-state index in [1.807, 2.05) is 12.1 Å². The molecule has 0 bridgehead atoms. The molecule has 1 aliphatic carbocycles. The summed E-state index contributed by atoms with van der Waals surface area (Å²) in [4.78, 5) is 0.550. The van der Waals surface area contributed by atoms with Crippen molar-refractivity contribution in [3.8, 4) is 0 Å². The van der Waals surface area contributed by atoms with Crippen molar-refractivity contribution in [2.45, 2.75) is 95.3 Å². The summed E-state index contributed by atoms with van der Waals surface area (Å²) >= 11 is 0. The molecule has 0 heterocycles. The molecule has 136 valence electrons. The van der Waals surface area contributed by atoms with Crippen molar-refractivity contribution in [1.82, 2.24) is 0 Å². The molecule has 24 heavy (non-hydrogen) atoms. The summed E-state index contributed by atoms with van der Waals surface area (Å²) in [5, 5.41) is 0. The van der Waals surface area contributed by atoms with Gasteiger partial charge in [-0.15, -0.1) is 0 Å². The number of aryl methyl sites for hydroxylation is 2. The third-order valence-electron chi connectivity index (χ3n) is 5.20. The third kappa shape index (κ3) is 6.23. The number of rotatable bonds is 8. The Bertz CT molecular complexity index is 590. The largest absolute Gasteiger partial charge is 0.224 e. The van der Waals surface area contributed by atoms with E-state index in [0.29, 0.717) is 10.6 Å². The van der Waals surface area contributed by atoms with Crippen molar-refractivity contribution in [2.75, 3.05) is 5.75 Å². The zero-order chi connectivity index (χ0) is 17.3. The van der Waals surface area contributed by atoms with Crippen LogP contribution in [-0.2, 0) is 22.7 Å². The molecular weight excluding hydrogens is 316 g/mol.